The number of benzene rings is 2. The van der Waals surface area contributed by atoms with Crippen LogP contribution in [0, 0.1) is 0 Å². The summed E-state index contributed by atoms with van der Waals surface area (Å²) in [6, 6.07) is 13.1. The minimum atomic E-state index is 0. The van der Waals surface area contributed by atoms with E-state index in [-0.39, 0.29) is 29.6 Å². The average molecular weight is 242 g/mol. The third kappa shape index (κ3) is 1.87. The van der Waals surface area contributed by atoms with E-state index in [9.17, 15) is 0 Å². The summed E-state index contributed by atoms with van der Waals surface area (Å²) in [5, 5.41) is 5.35. The Labute approximate surface area is 129 Å². The fraction of sp³-hybridized carbons (Fsp3) is 0.188. The fourth-order valence-electron chi connectivity index (χ4n) is 2.71. The first-order valence-electron chi connectivity index (χ1n) is 6.19. The van der Waals surface area contributed by atoms with Gasteiger partial charge in [0.15, 0.2) is 0 Å². The molecule has 3 aromatic rings. The zero-order valence-corrected chi connectivity index (χ0v) is 12.6. The van der Waals surface area contributed by atoms with Crippen molar-refractivity contribution in [1.29, 1.82) is 0 Å². The molecular weight excluding hydrogens is 229 g/mol. The Morgan fingerprint density at radius 1 is 0.944 bits per heavy atom. The van der Waals surface area contributed by atoms with Crippen molar-refractivity contribution in [3.05, 3.63) is 54.4 Å². The summed E-state index contributed by atoms with van der Waals surface area (Å²) >= 11 is 0. The molecule has 0 spiro atoms. The van der Waals surface area contributed by atoms with Gasteiger partial charge in [0.1, 0.15) is 0 Å². The van der Waals surface area contributed by atoms with Crippen LogP contribution in [0.2, 0.25) is 0 Å². The molecule has 1 nitrogen and oxygen atoms in total. The van der Waals surface area contributed by atoms with Crippen LogP contribution < -0.4 is 0 Å². The number of hydrogen-bond donors (Lipinski definition) is 0. The van der Waals surface area contributed by atoms with E-state index in [1.807, 2.05) is 12.4 Å². The molecule has 1 aromatic heterocycles. The van der Waals surface area contributed by atoms with Gasteiger partial charge in [-0.3, -0.25) is 4.98 Å². The van der Waals surface area contributed by atoms with Crippen LogP contribution in [-0.2, 0) is 0 Å². The van der Waals surface area contributed by atoms with Gasteiger partial charge >= 0.3 is 0 Å². The second-order valence-corrected chi connectivity index (χ2v) is 4.88. The molecule has 0 amide bonds. The molecule has 1 aliphatic rings. The van der Waals surface area contributed by atoms with Crippen LogP contribution in [0.3, 0.4) is 0 Å². The second kappa shape index (κ2) is 4.65. The van der Waals surface area contributed by atoms with Crippen LogP contribution in [-0.4, -0.2) is 34.5 Å². The maximum absolute atomic E-state index is 4.28. The normalized spacial score (nSPS) is 14.7. The van der Waals surface area contributed by atoms with Crippen molar-refractivity contribution in [3.8, 4) is 0 Å². The van der Waals surface area contributed by atoms with E-state index < -0.39 is 0 Å². The van der Waals surface area contributed by atoms with Gasteiger partial charge in [0, 0.05) is 47.3 Å². The van der Waals surface area contributed by atoms with Crippen LogP contribution >= 0.6 is 0 Å². The van der Waals surface area contributed by atoms with Crippen LogP contribution in [0.5, 0.6) is 0 Å². The molecule has 1 fully saturated rings. The Balaban J connectivity index is 0.000001000. The van der Waals surface area contributed by atoms with Crippen molar-refractivity contribution in [2.45, 2.75) is 18.8 Å². The summed E-state index contributed by atoms with van der Waals surface area (Å²) in [6.07, 6.45) is 6.60. The first-order chi connectivity index (χ1) is 8.43. The van der Waals surface area contributed by atoms with E-state index >= 15 is 0 Å². The van der Waals surface area contributed by atoms with Gasteiger partial charge in [-0.1, -0.05) is 30.3 Å². The Hall–Kier alpha value is -0.890. The van der Waals surface area contributed by atoms with Gasteiger partial charge in [-0.05, 0) is 46.5 Å². The van der Waals surface area contributed by atoms with Gasteiger partial charge in [0.25, 0.3) is 0 Å². The van der Waals surface area contributed by atoms with Crippen molar-refractivity contribution in [3.63, 3.8) is 0 Å². The van der Waals surface area contributed by atoms with E-state index in [4.69, 9.17) is 0 Å². The molecule has 0 saturated heterocycles. The molecule has 1 aliphatic carbocycles. The fourth-order valence-corrected chi connectivity index (χ4v) is 2.71. The van der Waals surface area contributed by atoms with Crippen LogP contribution in [0.4, 0.5) is 0 Å². The summed E-state index contributed by atoms with van der Waals surface area (Å²) in [5.41, 5.74) is 1.51. The van der Waals surface area contributed by atoms with E-state index in [0.717, 1.165) is 5.92 Å². The molecule has 18 heavy (non-hydrogen) atoms. The van der Waals surface area contributed by atoms with Crippen molar-refractivity contribution in [1.82, 2.24) is 4.98 Å². The number of hydrogen-bond acceptors (Lipinski definition) is 1. The summed E-state index contributed by atoms with van der Waals surface area (Å²) in [5.74, 6) is 0.782. The van der Waals surface area contributed by atoms with Crippen LogP contribution in [0.1, 0.15) is 24.3 Å². The SMILES string of the molecule is [Na].c1ccc2c(c1)cc(C1CC1)c1ccncc12. The van der Waals surface area contributed by atoms with E-state index in [1.54, 1.807) is 0 Å². The van der Waals surface area contributed by atoms with Crippen LogP contribution in [0.15, 0.2) is 48.8 Å². The molecule has 0 atom stereocenters. The molecule has 0 aliphatic heterocycles. The molecule has 83 valence electrons. The van der Waals surface area contributed by atoms with Gasteiger partial charge in [-0.25, -0.2) is 0 Å². The number of rotatable bonds is 1. The third-order valence-corrected chi connectivity index (χ3v) is 3.71. The van der Waals surface area contributed by atoms with Crippen molar-refractivity contribution in [2.75, 3.05) is 0 Å². The molecule has 0 bridgehead atoms. The molecule has 1 heterocycles. The summed E-state index contributed by atoms with van der Waals surface area (Å²) < 4.78 is 0. The predicted molar refractivity (Wildman–Crippen MR) is 77.0 cm³/mol. The van der Waals surface area contributed by atoms with Gasteiger partial charge in [-0.15, -0.1) is 0 Å². The van der Waals surface area contributed by atoms with Gasteiger partial charge in [0.2, 0.25) is 0 Å². The number of aromatic nitrogens is 1. The summed E-state index contributed by atoms with van der Waals surface area (Å²) in [7, 11) is 0. The molecule has 0 unspecified atom stereocenters. The molecule has 4 rings (SSSR count). The first kappa shape index (κ1) is 12.2. The number of pyridine rings is 1. The van der Waals surface area contributed by atoms with E-state index in [1.165, 1.54) is 39.9 Å². The molecule has 0 N–H and O–H groups in total. The Kier molecular flexibility index (Phi) is 3.14. The summed E-state index contributed by atoms with van der Waals surface area (Å²) in [4.78, 5) is 4.28. The van der Waals surface area contributed by atoms with Gasteiger partial charge < -0.3 is 0 Å². The van der Waals surface area contributed by atoms with Gasteiger partial charge in [-0.2, -0.15) is 0 Å². The average Bonchev–Trinajstić information content (AvgIpc) is 3.22. The molecule has 2 aromatic carbocycles. The smallest absolute Gasteiger partial charge is 0.0352 e. The number of nitrogens with zero attached hydrogens (tertiary/aromatic N) is 1. The Morgan fingerprint density at radius 2 is 1.78 bits per heavy atom. The minimum Gasteiger partial charge on any atom is -0.264 e. The second-order valence-electron chi connectivity index (χ2n) is 4.88. The monoisotopic (exact) mass is 242 g/mol. The third-order valence-electron chi connectivity index (χ3n) is 3.71. The summed E-state index contributed by atoms with van der Waals surface area (Å²) in [6.45, 7) is 0. The topological polar surface area (TPSA) is 12.9 Å². The maximum atomic E-state index is 4.28. The Morgan fingerprint density at radius 3 is 2.61 bits per heavy atom. The largest absolute Gasteiger partial charge is 0.264 e. The predicted octanol–water partition coefficient (Wildman–Crippen LogP) is 3.88. The zero-order chi connectivity index (χ0) is 11.2. The van der Waals surface area contributed by atoms with E-state index in [2.05, 4.69) is 41.4 Å². The van der Waals surface area contributed by atoms with Gasteiger partial charge in [0.05, 0.1) is 0 Å². The van der Waals surface area contributed by atoms with Crippen LogP contribution in [0.25, 0.3) is 21.5 Å². The minimum absolute atomic E-state index is 0. The molecular formula is C16H13NNa. The zero-order valence-electron chi connectivity index (χ0n) is 10.6. The Bertz CT molecular complexity index is 716. The molecule has 2 heteroatoms. The molecule has 1 radical (unpaired) electrons. The first-order valence-corrected chi connectivity index (χ1v) is 6.19. The van der Waals surface area contributed by atoms with E-state index in [0.29, 0.717) is 0 Å². The number of fused-ring (bicyclic) bond motifs is 3. The van der Waals surface area contributed by atoms with Crippen molar-refractivity contribution in [2.24, 2.45) is 0 Å². The molecule has 1 saturated carbocycles. The standard InChI is InChI=1S/C16H13N.Na/c1-2-4-13-12(3-1)9-15(11-5-6-11)14-7-8-17-10-16(13)14;/h1-4,7-11H,5-6H2;. The van der Waals surface area contributed by atoms with Crippen molar-refractivity contribution >= 4 is 51.1 Å². The van der Waals surface area contributed by atoms with Crippen molar-refractivity contribution < 1.29 is 0 Å². The maximum Gasteiger partial charge on any atom is 0.0352 e. The quantitative estimate of drug-likeness (QED) is 0.466.